The van der Waals surface area contributed by atoms with Crippen LogP contribution in [0.1, 0.15) is 95.6 Å². The van der Waals surface area contributed by atoms with Crippen LogP contribution in [0.2, 0.25) is 15.1 Å². The van der Waals surface area contributed by atoms with Crippen molar-refractivity contribution < 1.29 is 23.5 Å². The maximum Gasteiger partial charge on any atom is 0.325 e. The molecule has 0 spiro atoms. The highest BCUT2D eigenvalue weighted by molar-refractivity contribution is 6.40. The van der Waals surface area contributed by atoms with Gasteiger partial charge < -0.3 is 9.47 Å². The van der Waals surface area contributed by atoms with Crippen molar-refractivity contribution >= 4 is 58.1 Å². The Bertz CT molecular complexity index is 1680. The number of amides is 1. The largest absolute Gasteiger partial charge is 0.461 e. The number of carbonyl (C=O) groups is 2. The zero-order valence-corrected chi connectivity index (χ0v) is 30.6. The van der Waals surface area contributed by atoms with Crippen LogP contribution in [0.5, 0.6) is 0 Å². The van der Waals surface area contributed by atoms with Crippen LogP contribution in [0.3, 0.4) is 0 Å². The van der Waals surface area contributed by atoms with E-state index in [0.29, 0.717) is 38.4 Å². The van der Waals surface area contributed by atoms with Crippen molar-refractivity contribution in [1.29, 1.82) is 0 Å². The Morgan fingerprint density at radius 3 is 2.27 bits per heavy atom. The highest BCUT2D eigenvalue weighted by atomic mass is 35.5. The minimum atomic E-state index is -0.544. The normalized spacial score (nSPS) is 20.7. The van der Waals surface area contributed by atoms with Gasteiger partial charge in [-0.3, -0.25) is 19.8 Å². The van der Waals surface area contributed by atoms with Crippen molar-refractivity contribution in [3.63, 3.8) is 0 Å². The van der Waals surface area contributed by atoms with E-state index in [9.17, 15) is 14.0 Å². The molecule has 2 fully saturated rings. The van der Waals surface area contributed by atoms with Gasteiger partial charge in [0.2, 0.25) is 5.91 Å². The van der Waals surface area contributed by atoms with Gasteiger partial charge >= 0.3 is 5.97 Å². The number of nitrogens with zero attached hydrogens (tertiary/aromatic N) is 1. The minimum Gasteiger partial charge on any atom is -0.461 e. The van der Waals surface area contributed by atoms with E-state index < -0.39 is 11.9 Å². The number of para-hydroxylation sites is 1. The lowest BCUT2D eigenvalue weighted by Gasteiger charge is -2.36. The number of hydrogen-bond donors (Lipinski definition) is 1. The predicted molar refractivity (Wildman–Crippen MR) is 195 cm³/mol. The summed E-state index contributed by atoms with van der Waals surface area (Å²) in [7, 11) is 0. The highest BCUT2D eigenvalue weighted by Crippen LogP contribution is 2.48. The second-order valence-corrected chi connectivity index (χ2v) is 15.7. The fourth-order valence-corrected chi connectivity index (χ4v) is 8.23. The Hall–Kier alpha value is -2.68. The molecule has 1 heterocycles. The molecule has 2 saturated carbocycles. The van der Waals surface area contributed by atoms with Gasteiger partial charge in [-0.15, -0.1) is 0 Å². The standard InChI is InChI=1S/C39H44Cl3FN2O4/c1-39(2,3)48-22-34(38(47)49-27-7-4-5-8-27)44-26-14-11-23(12-15-26)24-19-30(28-16-13-25(43)21-33(28)42)29-17-18-36(46)45(35(29)20-24)37-31(40)9-6-10-32(37)41/h6,9-10,13,16,19-21,23,26-27,34,44H,4-5,7-8,11-12,14-15,17-18,22H2,1-3H3/t23?,26?,34-/m0/s1. The van der Waals surface area contributed by atoms with Gasteiger partial charge in [0.05, 0.1) is 38.7 Å². The Kier molecular flexibility index (Phi) is 11.3. The molecule has 0 bridgehead atoms. The number of halogens is 4. The maximum absolute atomic E-state index is 14.2. The number of hydrogen-bond acceptors (Lipinski definition) is 5. The van der Waals surface area contributed by atoms with E-state index in [-0.39, 0.29) is 48.6 Å². The van der Waals surface area contributed by atoms with Crippen LogP contribution in [0.4, 0.5) is 15.8 Å². The molecule has 6 nitrogen and oxygen atoms in total. The zero-order valence-electron chi connectivity index (χ0n) is 28.3. The summed E-state index contributed by atoms with van der Waals surface area (Å²) in [6.45, 7) is 6.20. The average Bonchev–Trinajstić information content (AvgIpc) is 3.56. The molecule has 3 aliphatic rings. The number of anilines is 2. The van der Waals surface area contributed by atoms with Crippen molar-refractivity contribution in [3.05, 3.63) is 80.5 Å². The Balaban J connectivity index is 1.29. The second-order valence-electron chi connectivity index (χ2n) is 14.5. The summed E-state index contributed by atoms with van der Waals surface area (Å²) in [5, 5.41) is 4.65. The van der Waals surface area contributed by atoms with E-state index in [0.717, 1.165) is 68.1 Å². The van der Waals surface area contributed by atoms with Crippen LogP contribution in [-0.4, -0.2) is 42.3 Å². The summed E-state index contributed by atoms with van der Waals surface area (Å²) in [6, 6.07) is 13.4. The van der Waals surface area contributed by atoms with Crippen molar-refractivity contribution in [2.24, 2.45) is 0 Å². The quantitative estimate of drug-likeness (QED) is 0.222. The number of fused-ring (bicyclic) bond motifs is 1. The molecule has 10 heteroatoms. The summed E-state index contributed by atoms with van der Waals surface area (Å²) in [6.07, 6.45) is 8.18. The fraction of sp³-hybridized carbons (Fsp3) is 0.487. The van der Waals surface area contributed by atoms with Gasteiger partial charge in [-0.1, -0.05) is 46.9 Å². The number of esters is 1. The van der Waals surface area contributed by atoms with Crippen LogP contribution >= 0.6 is 34.8 Å². The van der Waals surface area contributed by atoms with Gasteiger partial charge in [0.25, 0.3) is 0 Å². The van der Waals surface area contributed by atoms with E-state index in [1.807, 2.05) is 20.8 Å². The Morgan fingerprint density at radius 2 is 1.61 bits per heavy atom. The number of nitrogens with one attached hydrogen (secondary N) is 1. The molecule has 3 aromatic rings. The first-order valence-electron chi connectivity index (χ1n) is 17.4. The van der Waals surface area contributed by atoms with E-state index in [4.69, 9.17) is 44.3 Å². The molecule has 0 radical (unpaired) electrons. The summed E-state index contributed by atoms with van der Waals surface area (Å²) in [5.74, 6) is -0.576. The molecule has 6 rings (SSSR count). The third-order valence-electron chi connectivity index (χ3n) is 9.90. The molecule has 1 aliphatic heterocycles. The lowest BCUT2D eigenvalue weighted by molar-refractivity contribution is -0.155. The van der Waals surface area contributed by atoms with Gasteiger partial charge in [-0.05, 0) is 138 Å². The fourth-order valence-electron chi connectivity index (χ4n) is 7.40. The van der Waals surface area contributed by atoms with Gasteiger partial charge in [0, 0.05) is 18.0 Å². The van der Waals surface area contributed by atoms with Crippen LogP contribution in [0.15, 0.2) is 48.5 Å². The molecule has 49 heavy (non-hydrogen) atoms. The molecule has 0 saturated heterocycles. The number of benzene rings is 3. The number of ether oxygens (including phenoxy) is 2. The summed E-state index contributed by atoms with van der Waals surface area (Å²) in [4.78, 5) is 28.6. The highest BCUT2D eigenvalue weighted by Gasteiger charge is 2.35. The lowest BCUT2D eigenvalue weighted by Crippen LogP contribution is -2.49. The molecule has 2 aliphatic carbocycles. The molecule has 3 aromatic carbocycles. The van der Waals surface area contributed by atoms with Crippen LogP contribution in [0, 0.1) is 5.82 Å². The third kappa shape index (κ3) is 8.45. The topological polar surface area (TPSA) is 67.9 Å². The smallest absolute Gasteiger partial charge is 0.325 e. The van der Waals surface area contributed by atoms with Gasteiger partial charge in [0.1, 0.15) is 18.0 Å². The molecule has 0 unspecified atom stereocenters. The van der Waals surface area contributed by atoms with Crippen LogP contribution in [-0.2, 0) is 25.5 Å². The van der Waals surface area contributed by atoms with Gasteiger partial charge in [-0.25, -0.2) is 4.39 Å². The summed E-state index contributed by atoms with van der Waals surface area (Å²) in [5.41, 5.74) is 4.35. The molecule has 0 aromatic heterocycles. The molecule has 1 N–H and O–H groups in total. The van der Waals surface area contributed by atoms with Crippen molar-refractivity contribution in [2.75, 3.05) is 11.5 Å². The predicted octanol–water partition coefficient (Wildman–Crippen LogP) is 10.3. The lowest BCUT2D eigenvalue weighted by atomic mass is 9.79. The number of carbonyl (C=O) groups excluding carboxylic acids is 2. The maximum atomic E-state index is 14.2. The van der Waals surface area contributed by atoms with E-state index in [1.165, 1.54) is 12.1 Å². The molecular weight excluding hydrogens is 686 g/mol. The van der Waals surface area contributed by atoms with Gasteiger partial charge in [0.15, 0.2) is 0 Å². The molecule has 1 atom stereocenters. The van der Waals surface area contributed by atoms with E-state index in [1.54, 1.807) is 29.2 Å². The van der Waals surface area contributed by atoms with Gasteiger partial charge in [-0.2, -0.15) is 0 Å². The first-order chi connectivity index (χ1) is 23.4. The van der Waals surface area contributed by atoms with Crippen LogP contribution < -0.4 is 10.2 Å². The van der Waals surface area contributed by atoms with E-state index in [2.05, 4.69) is 17.4 Å². The van der Waals surface area contributed by atoms with Crippen molar-refractivity contribution in [2.45, 2.75) is 115 Å². The molecule has 262 valence electrons. The summed E-state index contributed by atoms with van der Waals surface area (Å²) >= 11 is 20.0. The monoisotopic (exact) mass is 728 g/mol. The van der Waals surface area contributed by atoms with Crippen LogP contribution in [0.25, 0.3) is 11.1 Å². The first-order valence-corrected chi connectivity index (χ1v) is 18.5. The molecule has 1 amide bonds. The minimum absolute atomic E-state index is 0.0120. The van der Waals surface area contributed by atoms with Crippen molar-refractivity contribution in [3.8, 4) is 11.1 Å². The second kappa shape index (κ2) is 15.3. The first kappa shape index (κ1) is 36.1. The summed E-state index contributed by atoms with van der Waals surface area (Å²) < 4.78 is 26.1. The number of rotatable bonds is 9. The SMILES string of the molecule is CC(C)(C)OC[C@H](NC1CCC(c2cc(-c3ccc(F)cc3Cl)c3c(c2)N(c2c(Cl)cccc2Cl)C(=O)CC3)CC1)C(=O)OC1CCCC1. The van der Waals surface area contributed by atoms with Crippen molar-refractivity contribution in [1.82, 2.24) is 5.32 Å². The average molecular weight is 730 g/mol. The van der Waals surface area contributed by atoms with E-state index >= 15 is 0 Å². The Morgan fingerprint density at radius 1 is 0.918 bits per heavy atom. The molecular formula is C39H44Cl3FN2O4. The third-order valence-corrected chi connectivity index (χ3v) is 10.8. The zero-order chi connectivity index (χ0) is 34.9. The Labute approximate surface area is 303 Å².